The highest BCUT2D eigenvalue weighted by atomic mass is 32.2. The van der Waals surface area contributed by atoms with Gasteiger partial charge in [0, 0.05) is 12.1 Å². The lowest BCUT2D eigenvalue weighted by Gasteiger charge is -2.11. The number of carbonyl (C=O) groups excluding carboxylic acids is 2. The van der Waals surface area contributed by atoms with Gasteiger partial charge in [-0.05, 0) is 41.1 Å². The van der Waals surface area contributed by atoms with E-state index in [9.17, 15) is 19.7 Å². The molecule has 3 rings (SSSR count). The van der Waals surface area contributed by atoms with Crippen LogP contribution in [0.2, 0.25) is 0 Å². The lowest BCUT2D eigenvalue weighted by molar-refractivity contribution is -0.384. The number of non-ortho nitro benzene ring substituents is 1. The summed E-state index contributed by atoms with van der Waals surface area (Å²) in [6, 6.07) is 11.2. The molecule has 0 unspecified atom stereocenters. The van der Waals surface area contributed by atoms with Gasteiger partial charge in [0.15, 0.2) is 11.5 Å². The Morgan fingerprint density at radius 2 is 2.00 bits per heavy atom. The van der Waals surface area contributed by atoms with Crippen LogP contribution in [-0.2, 0) is 11.4 Å². The monoisotopic (exact) mass is 386 g/mol. The van der Waals surface area contributed by atoms with E-state index in [1.807, 2.05) is 0 Å². The summed E-state index contributed by atoms with van der Waals surface area (Å²) in [5.74, 6) is 0.449. The summed E-state index contributed by atoms with van der Waals surface area (Å²) in [6.07, 6.45) is 1.58. The van der Waals surface area contributed by atoms with E-state index < -0.39 is 16.1 Å². The second-order valence-electron chi connectivity index (χ2n) is 5.48. The molecule has 0 bridgehead atoms. The van der Waals surface area contributed by atoms with E-state index in [2.05, 4.69) is 5.32 Å². The number of hydrogen-bond acceptors (Lipinski definition) is 7. The quantitative estimate of drug-likeness (QED) is 0.460. The summed E-state index contributed by atoms with van der Waals surface area (Å²) in [7, 11) is 1.48. The van der Waals surface area contributed by atoms with Crippen LogP contribution < -0.4 is 14.8 Å². The molecule has 138 valence electrons. The van der Waals surface area contributed by atoms with Crippen molar-refractivity contribution in [1.82, 2.24) is 5.32 Å². The minimum absolute atomic E-state index is 0.00748. The number of amides is 2. The molecular formula is C18H14N2O6S. The molecule has 0 radical (unpaired) electrons. The number of benzene rings is 2. The van der Waals surface area contributed by atoms with Crippen LogP contribution in [0.3, 0.4) is 0 Å². The largest absolute Gasteiger partial charge is 0.493 e. The van der Waals surface area contributed by atoms with Crippen molar-refractivity contribution in [1.29, 1.82) is 0 Å². The van der Waals surface area contributed by atoms with Gasteiger partial charge in [-0.3, -0.25) is 25.0 Å². The molecule has 1 heterocycles. The molecule has 0 atom stereocenters. The van der Waals surface area contributed by atoms with Crippen molar-refractivity contribution in [2.24, 2.45) is 0 Å². The minimum atomic E-state index is -0.464. The summed E-state index contributed by atoms with van der Waals surface area (Å²) < 4.78 is 11.0. The molecule has 1 N–H and O–H groups in total. The molecular weight excluding hydrogens is 372 g/mol. The lowest BCUT2D eigenvalue weighted by atomic mass is 10.1. The Hall–Kier alpha value is -3.33. The summed E-state index contributed by atoms with van der Waals surface area (Å²) in [4.78, 5) is 33.5. The molecule has 2 aromatic carbocycles. The summed E-state index contributed by atoms with van der Waals surface area (Å²) in [6.45, 7) is 0.130. The maximum Gasteiger partial charge on any atom is 0.290 e. The molecule has 1 aliphatic heterocycles. The first-order valence-electron chi connectivity index (χ1n) is 7.75. The van der Waals surface area contributed by atoms with Crippen molar-refractivity contribution in [3.05, 3.63) is 68.6 Å². The highest BCUT2D eigenvalue weighted by Crippen LogP contribution is 2.32. The van der Waals surface area contributed by atoms with E-state index in [1.54, 1.807) is 36.4 Å². The fraction of sp³-hybridized carbons (Fsp3) is 0.111. The first kappa shape index (κ1) is 18.5. The van der Waals surface area contributed by atoms with E-state index in [4.69, 9.17) is 9.47 Å². The van der Waals surface area contributed by atoms with Gasteiger partial charge >= 0.3 is 0 Å². The van der Waals surface area contributed by atoms with Gasteiger partial charge in [0.25, 0.3) is 16.8 Å². The van der Waals surface area contributed by atoms with Crippen LogP contribution in [-0.4, -0.2) is 23.2 Å². The van der Waals surface area contributed by atoms with Crippen molar-refractivity contribution in [2.75, 3.05) is 7.11 Å². The molecule has 0 aliphatic carbocycles. The number of nitrogens with zero attached hydrogens (tertiary/aromatic N) is 1. The number of nitro benzene ring substituents is 1. The molecule has 0 spiro atoms. The summed E-state index contributed by atoms with van der Waals surface area (Å²) >= 11 is 0.832. The molecule has 27 heavy (non-hydrogen) atoms. The zero-order valence-electron chi connectivity index (χ0n) is 14.1. The van der Waals surface area contributed by atoms with E-state index in [0.717, 1.165) is 11.8 Å². The van der Waals surface area contributed by atoms with Crippen LogP contribution in [0.25, 0.3) is 6.08 Å². The molecule has 0 saturated carbocycles. The van der Waals surface area contributed by atoms with Crippen molar-refractivity contribution in [2.45, 2.75) is 6.61 Å². The van der Waals surface area contributed by atoms with E-state index in [1.165, 1.54) is 19.2 Å². The highest BCUT2D eigenvalue weighted by molar-refractivity contribution is 8.18. The smallest absolute Gasteiger partial charge is 0.290 e. The lowest BCUT2D eigenvalue weighted by Crippen LogP contribution is -2.17. The predicted octanol–water partition coefficient (Wildman–Crippen LogP) is 3.51. The average molecular weight is 386 g/mol. The van der Waals surface area contributed by atoms with Crippen LogP contribution in [0.1, 0.15) is 11.1 Å². The van der Waals surface area contributed by atoms with Gasteiger partial charge in [-0.25, -0.2) is 0 Å². The van der Waals surface area contributed by atoms with Crippen LogP contribution in [0.15, 0.2) is 47.4 Å². The number of ether oxygens (including phenoxy) is 2. The Morgan fingerprint density at radius 3 is 2.67 bits per heavy atom. The van der Waals surface area contributed by atoms with Crippen molar-refractivity contribution in [3.8, 4) is 11.5 Å². The van der Waals surface area contributed by atoms with Crippen LogP contribution in [0.4, 0.5) is 10.5 Å². The molecule has 8 nitrogen and oxygen atoms in total. The van der Waals surface area contributed by atoms with Crippen LogP contribution in [0.5, 0.6) is 11.5 Å². The average Bonchev–Trinajstić information content (AvgIpc) is 2.97. The third kappa shape index (κ3) is 4.45. The molecule has 2 aromatic rings. The molecule has 1 fully saturated rings. The predicted molar refractivity (Wildman–Crippen MR) is 99.5 cm³/mol. The highest BCUT2D eigenvalue weighted by Gasteiger charge is 2.25. The summed E-state index contributed by atoms with van der Waals surface area (Å²) in [5.41, 5.74) is 1.31. The van der Waals surface area contributed by atoms with Crippen molar-refractivity contribution < 1.29 is 24.0 Å². The molecule has 1 saturated heterocycles. The van der Waals surface area contributed by atoms with Crippen molar-refractivity contribution in [3.63, 3.8) is 0 Å². The number of carbonyl (C=O) groups is 2. The number of imide groups is 1. The Kier molecular flexibility index (Phi) is 5.41. The molecule has 0 aromatic heterocycles. The van der Waals surface area contributed by atoms with Gasteiger partial charge < -0.3 is 9.47 Å². The number of thioether (sulfide) groups is 1. The van der Waals surface area contributed by atoms with Gasteiger partial charge in [-0.1, -0.05) is 18.2 Å². The second kappa shape index (κ2) is 7.92. The Balaban J connectivity index is 1.76. The summed E-state index contributed by atoms with van der Waals surface area (Å²) in [5, 5.41) is 12.6. The SMILES string of the molecule is COc1cc(/C=C2\SC(=O)NC2=O)ccc1OCc1cccc([N+](=O)[O-])c1. The Bertz CT molecular complexity index is 957. The van der Waals surface area contributed by atoms with Gasteiger partial charge in [0.05, 0.1) is 16.9 Å². The van der Waals surface area contributed by atoms with Gasteiger partial charge in [0.2, 0.25) is 0 Å². The molecule has 2 amide bonds. The molecule has 1 aliphatic rings. The second-order valence-corrected chi connectivity index (χ2v) is 6.49. The number of rotatable bonds is 6. The fourth-order valence-corrected chi connectivity index (χ4v) is 3.07. The zero-order chi connectivity index (χ0) is 19.4. The fourth-order valence-electron chi connectivity index (χ4n) is 2.39. The van der Waals surface area contributed by atoms with Gasteiger partial charge in [-0.15, -0.1) is 0 Å². The molecule has 9 heteroatoms. The standard InChI is InChI=1S/C18H14N2O6S/c1-25-15-8-11(9-16-17(21)19-18(22)27-16)5-6-14(15)26-10-12-3-2-4-13(7-12)20(23)24/h2-9H,10H2,1H3,(H,19,21,22)/b16-9-. The number of nitrogens with one attached hydrogen (secondary N) is 1. The third-order valence-electron chi connectivity index (χ3n) is 3.64. The topological polar surface area (TPSA) is 108 Å². The van der Waals surface area contributed by atoms with E-state index >= 15 is 0 Å². The first-order chi connectivity index (χ1) is 13.0. The van der Waals surface area contributed by atoms with Gasteiger partial charge in [-0.2, -0.15) is 0 Å². The zero-order valence-corrected chi connectivity index (χ0v) is 14.9. The maximum absolute atomic E-state index is 11.6. The normalized spacial score (nSPS) is 14.9. The van der Waals surface area contributed by atoms with E-state index in [0.29, 0.717) is 27.5 Å². The number of hydrogen-bond donors (Lipinski definition) is 1. The first-order valence-corrected chi connectivity index (χ1v) is 8.57. The van der Waals surface area contributed by atoms with Crippen LogP contribution in [0, 0.1) is 10.1 Å². The number of nitro groups is 1. The van der Waals surface area contributed by atoms with Gasteiger partial charge in [0.1, 0.15) is 6.61 Å². The maximum atomic E-state index is 11.6. The van der Waals surface area contributed by atoms with Crippen molar-refractivity contribution >= 4 is 34.7 Å². The van der Waals surface area contributed by atoms with E-state index in [-0.39, 0.29) is 12.3 Å². The van der Waals surface area contributed by atoms with Crippen LogP contribution >= 0.6 is 11.8 Å². The Labute approximate surface area is 158 Å². The minimum Gasteiger partial charge on any atom is -0.493 e. The number of methoxy groups -OCH3 is 1. The Morgan fingerprint density at radius 1 is 1.19 bits per heavy atom. The third-order valence-corrected chi connectivity index (χ3v) is 4.45.